The molecule has 2 nitrogen and oxygen atoms in total. The predicted molar refractivity (Wildman–Crippen MR) is 65.3 cm³/mol. The summed E-state index contributed by atoms with van der Waals surface area (Å²) < 4.78 is 0. The molecule has 2 aromatic rings. The van der Waals surface area contributed by atoms with E-state index < -0.39 is 0 Å². The molecule has 4 heteroatoms. The van der Waals surface area contributed by atoms with Crippen molar-refractivity contribution in [2.45, 2.75) is 6.42 Å². The Hall–Kier alpha value is -1.25. The SMILES string of the molecule is O=C(Cc1ccc(Cl)c(Cl)c1)c1cc[nH]c1. The third-order valence-corrected chi connectivity index (χ3v) is 3.01. The standard InChI is InChI=1S/C12H9Cl2NO/c13-10-2-1-8(5-11(10)14)6-12(16)9-3-4-15-7-9/h1-5,7,15H,6H2. The third-order valence-electron chi connectivity index (χ3n) is 2.27. The second-order valence-corrected chi connectivity index (χ2v) is 4.26. The van der Waals surface area contributed by atoms with Crippen molar-refractivity contribution in [3.63, 3.8) is 0 Å². The summed E-state index contributed by atoms with van der Waals surface area (Å²) in [6, 6.07) is 6.97. The van der Waals surface area contributed by atoms with Gasteiger partial charge in [-0.15, -0.1) is 0 Å². The molecule has 1 aromatic carbocycles. The molecule has 0 bridgehead atoms. The molecule has 1 N–H and O–H groups in total. The molecule has 0 spiro atoms. The van der Waals surface area contributed by atoms with Crippen molar-refractivity contribution in [1.29, 1.82) is 0 Å². The number of carbonyl (C=O) groups is 1. The fourth-order valence-electron chi connectivity index (χ4n) is 1.43. The minimum atomic E-state index is 0.0552. The van der Waals surface area contributed by atoms with Gasteiger partial charge in [-0.3, -0.25) is 4.79 Å². The highest BCUT2D eigenvalue weighted by atomic mass is 35.5. The van der Waals surface area contributed by atoms with Crippen molar-refractivity contribution in [2.24, 2.45) is 0 Å². The molecule has 82 valence electrons. The summed E-state index contributed by atoms with van der Waals surface area (Å²) in [5, 5.41) is 0.973. The lowest BCUT2D eigenvalue weighted by Gasteiger charge is -2.01. The van der Waals surface area contributed by atoms with Crippen molar-refractivity contribution in [3.8, 4) is 0 Å². The van der Waals surface area contributed by atoms with Crippen LogP contribution >= 0.6 is 23.2 Å². The van der Waals surface area contributed by atoms with E-state index >= 15 is 0 Å². The average molecular weight is 254 g/mol. The summed E-state index contributed by atoms with van der Waals surface area (Å²) >= 11 is 11.7. The third kappa shape index (κ3) is 2.46. The molecule has 0 aliphatic carbocycles. The number of hydrogen-bond acceptors (Lipinski definition) is 1. The van der Waals surface area contributed by atoms with E-state index in [-0.39, 0.29) is 5.78 Å². The number of ketones is 1. The van der Waals surface area contributed by atoms with Crippen molar-refractivity contribution >= 4 is 29.0 Å². The van der Waals surface area contributed by atoms with Crippen LogP contribution in [-0.4, -0.2) is 10.8 Å². The Kier molecular flexibility index (Phi) is 3.32. The van der Waals surface area contributed by atoms with Gasteiger partial charge in [-0.25, -0.2) is 0 Å². The van der Waals surface area contributed by atoms with Crippen LogP contribution in [0.3, 0.4) is 0 Å². The minimum Gasteiger partial charge on any atom is -0.367 e. The van der Waals surface area contributed by atoms with E-state index in [0.717, 1.165) is 5.56 Å². The smallest absolute Gasteiger partial charge is 0.168 e. The zero-order valence-electron chi connectivity index (χ0n) is 8.34. The summed E-state index contributed by atoms with van der Waals surface area (Å²) in [5.41, 5.74) is 1.53. The first-order chi connectivity index (χ1) is 7.66. The van der Waals surface area contributed by atoms with Gasteiger partial charge in [-0.1, -0.05) is 29.3 Å². The first kappa shape index (κ1) is 11.2. The zero-order chi connectivity index (χ0) is 11.5. The van der Waals surface area contributed by atoms with E-state index in [0.29, 0.717) is 22.0 Å². The topological polar surface area (TPSA) is 32.9 Å². The number of Topliss-reactive ketones (excluding diaryl/α,β-unsaturated/α-hetero) is 1. The highest BCUT2D eigenvalue weighted by Crippen LogP contribution is 2.23. The van der Waals surface area contributed by atoms with Gasteiger partial charge in [-0.05, 0) is 23.8 Å². The van der Waals surface area contributed by atoms with Crippen LogP contribution in [0.2, 0.25) is 10.0 Å². The van der Waals surface area contributed by atoms with Crippen LogP contribution in [0.5, 0.6) is 0 Å². The maximum atomic E-state index is 11.8. The molecule has 0 saturated heterocycles. The Balaban J connectivity index is 2.15. The fourth-order valence-corrected chi connectivity index (χ4v) is 1.76. The Morgan fingerprint density at radius 3 is 2.62 bits per heavy atom. The van der Waals surface area contributed by atoms with Gasteiger partial charge in [0.05, 0.1) is 10.0 Å². The molecule has 0 fully saturated rings. The van der Waals surface area contributed by atoms with E-state index in [9.17, 15) is 4.79 Å². The number of aromatic amines is 1. The van der Waals surface area contributed by atoms with Gasteiger partial charge < -0.3 is 4.98 Å². The average Bonchev–Trinajstić information content (AvgIpc) is 2.77. The van der Waals surface area contributed by atoms with Crippen molar-refractivity contribution < 1.29 is 4.79 Å². The number of halogens is 2. The number of benzene rings is 1. The number of nitrogens with one attached hydrogen (secondary N) is 1. The monoisotopic (exact) mass is 253 g/mol. The van der Waals surface area contributed by atoms with Crippen LogP contribution in [0.1, 0.15) is 15.9 Å². The van der Waals surface area contributed by atoms with E-state index in [2.05, 4.69) is 4.98 Å². The second-order valence-electron chi connectivity index (χ2n) is 3.45. The van der Waals surface area contributed by atoms with Gasteiger partial charge in [0, 0.05) is 24.4 Å². The lowest BCUT2D eigenvalue weighted by molar-refractivity contribution is 0.0993. The summed E-state index contributed by atoms with van der Waals surface area (Å²) in [5.74, 6) is 0.0552. The van der Waals surface area contributed by atoms with Crippen LogP contribution in [0.15, 0.2) is 36.7 Å². The molecule has 0 aliphatic rings. The maximum Gasteiger partial charge on any atom is 0.168 e. The van der Waals surface area contributed by atoms with Gasteiger partial charge in [0.2, 0.25) is 0 Å². The van der Waals surface area contributed by atoms with Crippen LogP contribution in [0.25, 0.3) is 0 Å². The summed E-state index contributed by atoms with van der Waals surface area (Å²) in [6.07, 6.45) is 3.73. The molecule has 2 rings (SSSR count). The van der Waals surface area contributed by atoms with Gasteiger partial charge in [-0.2, -0.15) is 0 Å². The largest absolute Gasteiger partial charge is 0.367 e. The molecule has 0 saturated carbocycles. The number of carbonyl (C=O) groups excluding carboxylic acids is 1. The lowest BCUT2D eigenvalue weighted by Crippen LogP contribution is -2.01. The fraction of sp³-hybridized carbons (Fsp3) is 0.0833. The molecule has 1 heterocycles. The van der Waals surface area contributed by atoms with E-state index in [1.807, 2.05) is 0 Å². The number of hydrogen-bond donors (Lipinski definition) is 1. The number of aromatic nitrogens is 1. The summed E-state index contributed by atoms with van der Waals surface area (Å²) in [6.45, 7) is 0. The van der Waals surface area contributed by atoms with Crippen molar-refractivity contribution in [3.05, 3.63) is 57.8 Å². The van der Waals surface area contributed by atoms with Crippen molar-refractivity contribution in [1.82, 2.24) is 4.98 Å². The minimum absolute atomic E-state index is 0.0552. The van der Waals surface area contributed by atoms with Crippen molar-refractivity contribution in [2.75, 3.05) is 0 Å². The Bertz CT molecular complexity index is 506. The molecule has 16 heavy (non-hydrogen) atoms. The van der Waals surface area contributed by atoms with Gasteiger partial charge in [0.15, 0.2) is 5.78 Å². The highest BCUT2D eigenvalue weighted by Gasteiger charge is 2.08. The predicted octanol–water partition coefficient (Wildman–Crippen LogP) is 3.75. The van der Waals surface area contributed by atoms with Gasteiger partial charge in [0.25, 0.3) is 0 Å². The second kappa shape index (κ2) is 4.73. The molecular formula is C12H9Cl2NO. The van der Waals surface area contributed by atoms with Gasteiger partial charge in [0.1, 0.15) is 0 Å². The van der Waals surface area contributed by atoms with Crippen LogP contribution in [-0.2, 0) is 6.42 Å². The van der Waals surface area contributed by atoms with Crippen LogP contribution < -0.4 is 0 Å². The lowest BCUT2D eigenvalue weighted by atomic mass is 10.1. The highest BCUT2D eigenvalue weighted by molar-refractivity contribution is 6.42. The zero-order valence-corrected chi connectivity index (χ0v) is 9.85. The molecule has 0 aliphatic heterocycles. The van der Waals surface area contributed by atoms with Crippen LogP contribution in [0, 0.1) is 0 Å². The first-order valence-electron chi connectivity index (χ1n) is 4.77. The normalized spacial score (nSPS) is 10.4. The summed E-state index contributed by atoms with van der Waals surface area (Å²) in [7, 11) is 0. The quantitative estimate of drug-likeness (QED) is 0.831. The van der Waals surface area contributed by atoms with Gasteiger partial charge >= 0.3 is 0 Å². The number of rotatable bonds is 3. The first-order valence-corrected chi connectivity index (χ1v) is 5.52. The number of H-pyrrole nitrogens is 1. The molecule has 1 aromatic heterocycles. The Labute approximate surface area is 103 Å². The summed E-state index contributed by atoms with van der Waals surface area (Å²) in [4.78, 5) is 14.6. The maximum absolute atomic E-state index is 11.8. The molecule has 0 amide bonds. The molecule has 0 unspecified atom stereocenters. The van der Waals surface area contributed by atoms with E-state index in [1.54, 1.807) is 36.7 Å². The van der Waals surface area contributed by atoms with E-state index in [4.69, 9.17) is 23.2 Å². The molecule has 0 atom stereocenters. The van der Waals surface area contributed by atoms with Crippen LogP contribution in [0.4, 0.5) is 0 Å². The molecule has 0 radical (unpaired) electrons. The Morgan fingerprint density at radius 1 is 1.19 bits per heavy atom. The molecular weight excluding hydrogens is 245 g/mol. The Morgan fingerprint density at radius 2 is 2.00 bits per heavy atom. The van der Waals surface area contributed by atoms with E-state index in [1.165, 1.54) is 0 Å².